The fraction of sp³-hybridized carbons (Fsp3) is 0.500. The molecule has 5 heteroatoms. The van der Waals surface area contributed by atoms with Crippen LogP contribution >= 0.6 is 0 Å². The average Bonchev–Trinajstić information content (AvgIpc) is 2.34. The predicted molar refractivity (Wildman–Crippen MR) is 68.7 cm³/mol. The van der Waals surface area contributed by atoms with Crippen LogP contribution in [-0.2, 0) is 11.3 Å². The number of carbonyl (C=O) groups is 1. The van der Waals surface area contributed by atoms with Gasteiger partial charge in [0.05, 0.1) is 6.54 Å². The summed E-state index contributed by atoms with van der Waals surface area (Å²) in [4.78, 5) is 17.1. The van der Waals surface area contributed by atoms with Crippen molar-refractivity contribution in [3.63, 3.8) is 0 Å². The standard InChI is InChI=1S/C12H20N4O/c1-3-14-7-10-5-6-12(15-8-10)16(4-2)9-11(13)17/h5-6,8,14H,3-4,7,9H2,1-2H3,(H2,13,17). The Bertz CT molecular complexity index is 350. The summed E-state index contributed by atoms with van der Waals surface area (Å²) < 4.78 is 0. The monoisotopic (exact) mass is 236 g/mol. The van der Waals surface area contributed by atoms with Crippen molar-refractivity contribution < 1.29 is 4.79 Å². The number of nitrogens with one attached hydrogen (secondary N) is 1. The molecule has 0 aromatic carbocycles. The van der Waals surface area contributed by atoms with E-state index in [-0.39, 0.29) is 12.5 Å². The van der Waals surface area contributed by atoms with Gasteiger partial charge >= 0.3 is 0 Å². The number of aromatic nitrogens is 1. The first-order chi connectivity index (χ1) is 8.17. The van der Waals surface area contributed by atoms with E-state index in [9.17, 15) is 4.79 Å². The molecule has 0 aliphatic rings. The van der Waals surface area contributed by atoms with Crippen LogP contribution < -0.4 is 16.0 Å². The van der Waals surface area contributed by atoms with Crippen molar-refractivity contribution >= 4 is 11.7 Å². The minimum Gasteiger partial charge on any atom is -0.368 e. The average molecular weight is 236 g/mol. The first-order valence-electron chi connectivity index (χ1n) is 5.86. The maximum Gasteiger partial charge on any atom is 0.236 e. The highest BCUT2D eigenvalue weighted by atomic mass is 16.1. The molecule has 0 radical (unpaired) electrons. The van der Waals surface area contributed by atoms with E-state index in [1.54, 1.807) is 0 Å². The van der Waals surface area contributed by atoms with Crippen LogP contribution in [0.25, 0.3) is 0 Å². The smallest absolute Gasteiger partial charge is 0.236 e. The van der Waals surface area contributed by atoms with E-state index >= 15 is 0 Å². The van der Waals surface area contributed by atoms with E-state index in [1.165, 1.54) is 0 Å². The summed E-state index contributed by atoms with van der Waals surface area (Å²) in [6.07, 6.45) is 1.82. The molecule has 1 aromatic rings. The van der Waals surface area contributed by atoms with Crippen LogP contribution in [0.5, 0.6) is 0 Å². The van der Waals surface area contributed by atoms with Gasteiger partial charge in [0.15, 0.2) is 0 Å². The van der Waals surface area contributed by atoms with Gasteiger partial charge in [0, 0.05) is 19.3 Å². The number of primary amides is 1. The van der Waals surface area contributed by atoms with Gasteiger partial charge < -0.3 is 16.0 Å². The third-order valence-electron chi connectivity index (χ3n) is 2.44. The van der Waals surface area contributed by atoms with E-state index in [0.29, 0.717) is 6.54 Å². The number of rotatable bonds is 7. The summed E-state index contributed by atoms with van der Waals surface area (Å²) in [5, 5.41) is 3.23. The van der Waals surface area contributed by atoms with E-state index in [0.717, 1.165) is 24.5 Å². The quantitative estimate of drug-likeness (QED) is 0.723. The van der Waals surface area contributed by atoms with Crippen LogP contribution in [0.1, 0.15) is 19.4 Å². The van der Waals surface area contributed by atoms with E-state index in [2.05, 4.69) is 17.2 Å². The Labute approximate surface area is 102 Å². The summed E-state index contributed by atoms with van der Waals surface area (Å²) >= 11 is 0. The molecule has 1 rings (SSSR count). The number of anilines is 1. The lowest BCUT2D eigenvalue weighted by Crippen LogP contribution is -2.34. The van der Waals surface area contributed by atoms with Crippen molar-refractivity contribution in [3.8, 4) is 0 Å². The van der Waals surface area contributed by atoms with Gasteiger partial charge in [0.25, 0.3) is 0 Å². The summed E-state index contributed by atoms with van der Waals surface area (Å²) in [5.74, 6) is 0.442. The number of nitrogens with two attached hydrogens (primary N) is 1. The molecular weight excluding hydrogens is 216 g/mol. The van der Waals surface area contributed by atoms with Crippen LogP contribution in [0.2, 0.25) is 0 Å². The Balaban J connectivity index is 2.67. The molecular formula is C12H20N4O. The topological polar surface area (TPSA) is 71.2 Å². The van der Waals surface area contributed by atoms with Crippen LogP contribution in [0.15, 0.2) is 18.3 Å². The Morgan fingerprint density at radius 2 is 2.24 bits per heavy atom. The van der Waals surface area contributed by atoms with Crippen molar-refractivity contribution in [2.45, 2.75) is 20.4 Å². The van der Waals surface area contributed by atoms with E-state index in [1.807, 2.05) is 30.2 Å². The highest BCUT2D eigenvalue weighted by Gasteiger charge is 2.08. The van der Waals surface area contributed by atoms with E-state index < -0.39 is 0 Å². The fourth-order valence-electron chi connectivity index (χ4n) is 1.52. The maximum absolute atomic E-state index is 10.9. The van der Waals surface area contributed by atoms with Crippen LogP contribution in [0.4, 0.5) is 5.82 Å². The first-order valence-corrected chi connectivity index (χ1v) is 5.86. The number of hydrogen-bond donors (Lipinski definition) is 2. The zero-order valence-electron chi connectivity index (χ0n) is 10.4. The molecule has 94 valence electrons. The third-order valence-corrected chi connectivity index (χ3v) is 2.44. The molecule has 0 atom stereocenters. The first kappa shape index (κ1) is 13.4. The summed E-state index contributed by atoms with van der Waals surface area (Å²) in [5.41, 5.74) is 6.31. The molecule has 0 fully saturated rings. The molecule has 0 aliphatic heterocycles. The highest BCUT2D eigenvalue weighted by Crippen LogP contribution is 2.10. The lowest BCUT2D eigenvalue weighted by Gasteiger charge is -2.20. The van der Waals surface area contributed by atoms with Crippen LogP contribution in [0.3, 0.4) is 0 Å². The Hall–Kier alpha value is -1.62. The number of hydrogen-bond acceptors (Lipinski definition) is 4. The molecule has 1 amide bonds. The molecule has 0 saturated heterocycles. The third kappa shape index (κ3) is 4.40. The molecule has 0 spiro atoms. The van der Waals surface area contributed by atoms with Gasteiger partial charge in [-0.25, -0.2) is 4.98 Å². The molecule has 1 aromatic heterocycles. The predicted octanol–water partition coefficient (Wildman–Crippen LogP) is 0.503. The van der Waals surface area contributed by atoms with Crippen molar-refractivity contribution in [2.75, 3.05) is 24.5 Å². The number of nitrogens with zero attached hydrogens (tertiary/aromatic N) is 2. The van der Waals surface area contributed by atoms with Crippen LogP contribution in [0, 0.1) is 0 Å². The molecule has 17 heavy (non-hydrogen) atoms. The van der Waals surface area contributed by atoms with Crippen molar-refractivity contribution in [1.29, 1.82) is 0 Å². The van der Waals surface area contributed by atoms with Gasteiger partial charge in [-0.1, -0.05) is 13.0 Å². The molecule has 0 bridgehead atoms. The van der Waals surface area contributed by atoms with E-state index in [4.69, 9.17) is 5.73 Å². The van der Waals surface area contributed by atoms with Gasteiger partial charge in [-0.05, 0) is 25.1 Å². The highest BCUT2D eigenvalue weighted by molar-refractivity contribution is 5.79. The summed E-state index contributed by atoms with van der Waals surface area (Å²) in [6.45, 7) is 6.69. The Morgan fingerprint density at radius 1 is 1.47 bits per heavy atom. The lowest BCUT2D eigenvalue weighted by molar-refractivity contribution is -0.116. The fourth-order valence-corrected chi connectivity index (χ4v) is 1.52. The second-order valence-electron chi connectivity index (χ2n) is 3.79. The van der Waals surface area contributed by atoms with Gasteiger partial charge in [-0.15, -0.1) is 0 Å². The lowest BCUT2D eigenvalue weighted by atomic mass is 10.2. The zero-order chi connectivity index (χ0) is 12.7. The minimum atomic E-state index is -0.342. The molecule has 0 unspecified atom stereocenters. The Morgan fingerprint density at radius 3 is 2.71 bits per heavy atom. The molecule has 0 saturated carbocycles. The van der Waals surface area contributed by atoms with Crippen molar-refractivity contribution in [2.24, 2.45) is 5.73 Å². The minimum absolute atomic E-state index is 0.204. The second kappa shape index (κ2) is 6.85. The number of pyridine rings is 1. The number of likely N-dealkylation sites (N-methyl/N-ethyl adjacent to an activating group) is 1. The summed E-state index contributed by atoms with van der Waals surface area (Å²) in [7, 11) is 0. The summed E-state index contributed by atoms with van der Waals surface area (Å²) in [6, 6.07) is 3.92. The van der Waals surface area contributed by atoms with Crippen molar-refractivity contribution in [3.05, 3.63) is 23.9 Å². The normalized spacial score (nSPS) is 10.2. The number of carbonyl (C=O) groups excluding carboxylic acids is 1. The van der Waals surface area contributed by atoms with Gasteiger partial charge in [-0.3, -0.25) is 4.79 Å². The van der Waals surface area contributed by atoms with Gasteiger partial charge in [-0.2, -0.15) is 0 Å². The molecule has 3 N–H and O–H groups in total. The van der Waals surface area contributed by atoms with Gasteiger partial charge in [0.2, 0.25) is 5.91 Å². The molecule has 1 heterocycles. The largest absolute Gasteiger partial charge is 0.368 e. The second-order valence-corrected chi connectivity index (χ2v) is 3.79. The Kier molecular flexibility index (Phi) is 5.42. The zero-order valence-corrected chi connectivity index (χ0v) is 10.4. The van der Waals surface area contributed by atoms with Crippen molar-refractivity contribution in [1.82, 2.24) is 10.3 Å². The van der Waals surface area contributed by atoms with Crippen LogP contribution in [-0.4, -0.2) is 30.5 Å². The van der Waals surface area contributed by atoms with Gasteiger partial charge in [0.1, 0.15) is 5.82 Å². The molecule has 5 nitrogen and oxygen atoms in total. The molecule has 0 aliphatic carbocycles. The SMILES string of the molecule is CCNCc1ccc(N(CC)CC(N)=O)nc1. The maximum atomic E-state index is 10.9. The number of amides is 1.